The molecular weight excluding hydrogens is 385 g/mol. The number of aromatic nitrogens is 3. The van der Waals surface area contributed by atoms with Crippen LogP contribution in [0.25, 0.3) is 0 Å². The van der Waals surface area contributed by atoms with Crippen molar-refractivity contribution < 1.29 is 18.1 Å². The van der Waals surface area contributed by atoms with Crippen molar-refractivity contribution in [2.45, 2.75) is 12.8 Å². The highest BCUT2D eigenvalue weighted by atomic mass is 32.1. The molecule has 0 spiro atoms. The van der Waals surface area contributed by atoms with E-state index in [4.69, 9.17) is 12.2 Å². The number of nitro benzene ring substituents is 1. The zero-order valence-electron chi connectivity index (χ0n) is 14.4. The van der Waals surface area contributed by atoms with Crippen LogP contribution in [0.2, 0.25) is 0 Å². The third kappa shape index (κ3) is 4.11. The highest BCUT2D eigenvalue weighted by Gasteiger charge is 2.37. The van der Waals surface area contributed by atoms with Gasteiger partial charge in [-0.2, -0.15) is 13.2 Å². The minimum Gasteiger partial charge on any atom is -0.369 e. The SMILES string of the molecule is Cn1c(C(F)(F)F)nn(CN2CCN(c3ccc([N+](=O)[O-])cc3)CC2)c1=S. The van der Waals surface area contributed by atoms with Crippen LogP contribution in [0.4, 0.5) is 24.5 Å². The van der Waals surface area contributed by atoms with E-state index < -0.39 is 16.9 Å². The van der Waals surface area contributed by atoms with E-state index in [0.29, 0.717) is 26.2 Å². The van der Waals surface area contributed by atoms with Gasteiger partial charge in [-0.25, -0.2) is 4.68 Å². The molecule has 0 amide bonds. The lowest BCUT2D eigenvalue weighted by Crippen LogP contribution is -2.47. The number of piperazine rings is 1. The van der Waals surface area contributed by atoms with Gasteiger partial charge in [0.05, 0.1) is 11.6 Å². The first-order chi connectivity index (χ1) is 12.7. The fourth-order valence-electron chi connectivity index (χ4n) is 2.95. The Bertz CT molecular complexity index is 884. The minimum atomic E-state index is -4.55. The number of hydrogen-bond donors (Lipinski definition) is 0. The topological polar surface area (TPSA) is 72.4 Å². The monoisotopic (exact) mass is 402 g/mol. The molecule has 1 aromatic carbocycles. The molecule has 0 radical (unpaired) electrons. The average molecular weight is 402 g/mol. The van der Waals surface area contributed by atoms with E-state index in [9.17, 15) is 23.3 Å². The summed E-state index contributed by atoms with van der Waals surface area (Å²) in [5.74, 6) is -1.02. The van der Waals surface area contributed by atoms with Crippen LogP contribution in [0.1, 0.15) is 5.82 Å². The third-order valence-corrected chi connectivity index (χ3v) is 4.91. The molecule has 1 fully saturated rings. The summed E-state index contributed by atoms with van der Waals surface area (Å²) in [6.07, 6.45) is -4.55. The normalized spacial score (nSPS) is 15.9. The van der Waals surface area contributed by atoms with Crippen LogP contribution >= 0.6 is 12.2 Å². The Morgan fingerprint density at radius 3 is 2.26 bits per heavy atom. The van der Waals surface area contributed by atoms with Gasteiger partial charge in [0, 0.05) is 51.0 Å². The molecule has 12 heteroatoms. The first-order valence-electron chi connectivity index (χ1n) is 8.09. The number of benzene rings is 1. The minimum absolute atomic E-state index is 0.0140. The molecule has 0 bridgehead atoms. The van der Waals surface area contributed by atoms with Gasteiger partial charge in [0.2, 0.25) is 5.82 Å². The smallest absolute Gasteiger partial charge is 0.369 e. The molecule has 2 heterocycles. The second kappa shape index (κ2) is 7.27. The summed E-state index contributed by atoms with van der Waals surface area (Å²) in [4.78, 5) is 14.3. The van der Waals surface area contributed by atoms with Gasteiger partial charge in [-0.15, -0.1) is 5.10 Å². The maximum Gasteiger partial charge on any atom is 0.451 e. The summed E-state index contributed by atoms with van der Waals surface area (Å²) in [7, 11) is 1.25. The van der Waals surface area contributed by atoms with Crippen LogP contribution in [-0.2, 0) is 19.9 Å². The zero-order chi connectivity index (χ0) is 19.8. The van der Waals surface area contributed by atoms with Gasteiger partial charge in [0.25, 0.3) is 5.69 Å². The number of nitrogens with zero attached hydrogens (tertiary/aromatic N) is 6. The van der Waals surface area contributed by atoms with Gasteiger partial charge < -0.3 is 4.90 Å². The van der Waals surface area contributed by atoms with Crippen molar-refractivity contribution in [2.24, 2.45) is 7.05 Å². The van der Waals surface area contributed by atoms with Gasteiger partial charge in [0.1, 0.15) is 0 Å². The fourth-order valence-corrected chi connectivity index (χ4v) is 3.13. The Hall–Kier alpha value is -2.47. The summed E-state index contributed by atoms with van der Waals surface area (Å²) in [5, 5.41) is 14.3. The second-order valence-electron chi connectivity index (χ2n) is 6.18. The Labute approximate surface area is 157 Å². The van der Waals surface area contributed by atoms with Crippen molar-refractivity contribution in [2.75, 3.05) is 31.1 Å². The van der Waals surface area contributed by atoms with Gasteiger partial charge in [-0.1, -0.05) is 0 Å². The second-order valence-corrected chi connectivity index (χ2v) is 6.55. The van der Waals surface area contributed by atoms with Crippen LogP contribution in [-0.4, -0.2) is 50.3 Å². The highest BCUT2D eigenvalue weighted by Crippen LogP contribution is 2.27. The molecule has 1 aliphatic rings. The summed E-state index contributed by atoms with van der Waals surface area (Å²) in [5.41, 5.74) is 0.899. The van der Waals surface area contributed by atoms with Gasteiger partial charge >= 0.3 is 6.18 Å². The van der Waals surface area contributed by atoms with E-state index in [-0.39, 0.29) is 17.1 Å². The lowest BCUT2D eigenvalue weighted by molar-refractivity contribution is -0.384. The van der Waals surface area contributed by atoms with E-state index in [1.54, 1.807) is 12.1 Å². The molecule has 0 unspecified atom stereocenters. The zero-order valence-corrected chi connectivity index (χ0v) is 15.2. The molecule has 27 heavy (non-hydrogen) atoms. The Kier molecular flexibility index (Phi) is 5.20. The molecule has 1 saturated heterocycles. The van der Waals surface area contributed by atoms with Crippen LogP contribution < -0.4 is 4.90 Å². The van der Waals surface area contributed by atoms with Crippen LogP contribution in [0.15, 0.2) is 24.3 Å². The molecule has 1 aliphatic heterocycles. The standard InChI is InChI=1S/C15H17F3N6O2S/c1-20-13(15(16,17)18)19-23(14(20)27)10-21-6-8-22(9-7-21)11-2-4-12(5-3-11)24(25)26/h2-5H,6-10H2,1H3. The number of anilines is 1. The first-order valence-corrected chi connectivity index (χ1v) is 8.50. The molecule has 8 nitrogen and oxygen atoms in total. The van der Waals surface area contributed by atoms with E-state index in [1.165, 1.54) is 23.9 Å². The third-order valence-electron chi connectivity index (χ3n) is 4.43. The lowest BCUT2D eigenvalue weighted by Gasteiger charge is -2.35. The van der Waals surface area contributed by atoms with E-state index >= 15 is 0 Å². The van der Waals surface area contributed by atoms with Crippen LogP contribution in [0, 0.1) is 14.9 Å². The van der Waals surface area contributed by atoms with Gasteiger partial charge in [-0.05, 0) is 24.4 Å². The van der Waals surface area contributed by atoms with Gasteiger partial charge in [0.15, 0.2) is 4.77 Å². The summed E-state index contributed by atoms with van der Waals surface area (Å²) in [6.45, 7) is 2.68. The summed E-state index contributed by atoms with van der Waals surface area (Å²) < 4.78 is 40.9. The molecule has 0 aliphatic carbocycles. The molecular formula is C15H17F3N6O2S. The van der Waals surface area contributed by atoms with Crippen molar-refractivity contribution in [1.29, 1.82) is 0 Å². The quantitative estimate of drug-likeness (QED) is 0.445. The molecule has 1 aromatic heterocycles. The average Bonchev–Trinajstić information content (AvgIpc) is 2.91. The molecule has 0 N–H and O–H groups in total. The molecule has 0 atom stereocenters. The molecule has 146 valence electrons. The first kappa shape index (κ1) is 19.3. The van der Waals surface area contributed by atoms with Gasteiger partial charge in [-0.3, -0.25) is 19.6 Å². The van der Waals surface area contributed by atoms with Crippen LogP contribution in [0.3, 0.4) is 0 Å². The molecule has 0 saturated carbocycles. The summed E-state index contributed by atoms with van der Waals surface area (Å²) >= 11 is 5.06. The Balaban J connectivity index is 1.63. The number of non-ortho nitro benzene ring substituents is 1. The van der Waals surface area contributed by atoms with Crippen molar-refractivity contribution in [3.05, 3.63) is 45.0 Å². The maximum atomic E-state index is 12.9. The number of hydrogen-bond acceptors (Lipinski definition) is 6. The molecule has 2 aromatic rings. The number of rotatable bonds is 4. The largest absolute Gasteiger partial charge is 0.451 e. The van der Waals surface area contributed by atoms with Crippen molar-refractivity contribution >= 4 is 23.6 Å². The van der Waals surface area contributed by atoms with E-state index in [1.807, 2.05) is 4.90 Å². The van der Waals surface area contributed by atoms with E-state index in [2.05, 4.69) is 10.00 Å². The summed E-state index contributed by atoms with van der Waals surface area (Å²) in [6, 6.07) is 6.29. The lowest BCUT2D eigenvalue weighted by atomic mass is 10.2. The van der Waals surface area contributed by atoms with E-state index in [0.717, 1.165) is 10.3 Å². The predicted octanol–water partition coefficient (Wildman–Crippen LogP) is 2.66. The molecule has 3 rings (SSSR count). The van der Waals surface area contributed by atoms with Crippen molar-refractivity contribution in [3.63, 3.8) is 0 Å². The van der Waals surface area contributed by atoms with Crippen molar-refractivity contribution in [3.8, 4) is 0 Å². The fraction of sp³-hybridized carbons (Fsp3) is 0.467. The predicted molar refractivity (Wildman–Crippen MR) is 93.9 cm³/mol. The Morgan fingerprint density at radius 2 is 1.78 bits per heavy atom. The number of halogens is 3. The van der Waals surface area contributed by atoms with Crippen LogP contribution in [0.5, 0.6) is 0 Å². The number of alkyl halides is 3. The van der Waals surface area contributed by atoms with Crippen molar-refractivity contribution in [1.82, 2.24) is 19.2 Å². The Morgan fingerprint density at radius 1 is 1.19 bits per heavy atom. The highest BCUT2D eigenvalue weighted by molar-refractivity contribution is 7.71. The number of nitro groups is 1. The maximum absolute atomic E-state index is 12.9.